The fourth-order valence-electron chi connectivity index (χ4n) is 2.29. The largest absolute Gasteiger partial charge is 0.150 e. The Hall–Kier alpha value is -1.15. The van der Waals surface area contributed by atoms with E-state index in [0.29, 0.717) is 0 Å². The van der Waals surface area contributed by atoms with E-state index < -0.39 is 0 Å². The summed E-state index contributed by atoms with van der Waals surface area (Å²) in [7, 11) is 0. The van der Waals surface area contributed by atoms with Crippen LogP contribution in [0.25, 0.3) is 6.08 Å². The fraction of sp³-hybridized carbons (Fsp3) is 0.429. The van der Waals surface area contributed by atoms with Crippen LogP contribution >= 0.6 is 11.6 Å². The van der Waals surface area contributed by atoms with Crippen LogP contribution in [0.3, 0.4) is 0 Å². The highest BCUT2D eigenvalue weighted by molar-refractivity contribution is 6.30. The summed E-state index contributed by atoms with van der Waals surface area (Å²) in [5, 5.41) is 3.98. The van der Waals surface area contributed by atoms with E-state index in [1.807, 2.05) is 24.3 Å². The van der Waals surface area contributed by atoms with E-state index in [-0.39, 0.29) is 6.04 Å². The lowest BCUT2D eigenvalue weighted by Gasteiger charge is -2.09. The summed E-state index contributed by atoms with van der Waals surface area (Å²) in [5.41, 5.74) is 2.21. The van der Waals surface area contributed by atoms with E-state index in [0.717, 1.165) is 41.8 Å². The van der Waals surface area contributed by atoms with Crippen LogP contribution in [0.5, 0.6) is 0 Å². The van der Waals surface area contributed by atoms with Gasteiger partial charge in [0, 0.05) is 5.02 Å². The minimum Gasteiger partial charge on any atom is -0.150 e. The maximum absolute atomic E-state index is 10.9. The third-order valence-electron chi connectivity index (χ3n) is 3.20. The van der Waals surface area contributed by atoms with E-state index in [1.54, 1.807) is 0 Å². The molecule has 0 N–H and O–H groups in total. The lowest BCUT2D eigenvalue weighted by molar-refractivity contribution is 0.654. The van der Waals surface area contributed by atoms with Crippen molar-refractivity contribution in [1.82, 2.24) is 0 Å². The molecule has 0 aromatic heterocycles. The normalized spacial score (nSPS) is 23.4. The van der Waals surface area contributed by atoms with Crippen LogP contribution in [0.2, 0.25) is 5.02 Å². The van der Waals surface area contributed by atoms with Crippen LogP contribution in [0, 0.1) is 4.91 Å². The molecule has 3 heteroatoms. The molecule has 0 spiro atoms. The maximum atomic E-state index is 10.9. The molecule has 0 saturated heterocycles. The Kier molecular flexibility index (Phi) is 4.32. The van der Waals surface area contributed by atoms with E-state index in [4.69, 9.17) is 11.6 Å². The minimum atomic E-state index is -0.142. The van der Waals surface area contributed by atoms with Gasteiger partial charge in [0.05, 0.1) is 0 Å². The average molecular weight is 250 g/mol. The molecule has 2 nitrogen and oxygen atoms in total. The first-order valence-electron chi connectivity index (χ1n) is 6.08. The van der Waals surface area contributed by atoms with Crippen molar-refractivity contribution in [3.8, 4) is 0 Å². The maximum Gasteiger partial charge on any atom is 0.113 e. The summed E-state index contributed by atoms with van der Waals surface area (Å²) >= 11 is 5.95. The number of hydrogen-bond donors (Lipinski definition) is 0. The number of halogens is 1. The fourth-order valence-corrected chi connectivity index (χ4v) is 2.49. The van der Waals surface area contributed by atoms with Crippen molar-refractivity contribution in [2.75, 3.05) is 0 Å². The Morgan fingerprint density at radius 1 is 1.29 bits per heavy atom. The number of rotatable bonds is 2. The van der Waals surface area contributed by atoms with Crippen molar-refractivity contribution >= 4 is 17.7 Å². The van der Waals surface area contributed by atoms with Crippen LogP contribution in [0.4, 0.5) is 0 Å². The highest BCUT2D eigenvalue weighted by Gasteiger charge is 2.17. The number of nitroso groups, excluding NO2 is 1. The summed E-state index contributed by atoms with van der Waals surface area (Å²) in [6, 6.07) is 7.56. The molecule has 2 rings (SSSR count). The van der Waals surface area contributed by atoms with Gasteiger partial charge in [-0.3, -0.25) is 0 Å². The van der Waals surface area contributed by atoms with E-state index in [9.17, 15) is 4.91 Å². The Bertz CT molecular complexity index is 428. The van der Waals surface area contributed by atoms with E-state index >= 15 is 0 Å². The van der Waals surface area contributed by atoms with Crippen molar-refractivity contribution in [3.63, 3.8) is 0 Å². The summed E-state index contributed by atoms with van der Waals surface area (Å²) < 4.78 is 0. The molecule has 0 bridgehead atoms. The third kappa shape index (κ3) is 3.40. The monoisotopic (exact) mass is 249 g/mol. The molecular formula is C14H16ClNO. The molecule has 90 valence electrons. The molecule has 0 aliphatic heterocycles. The molecule has 1 aliphatic rings. The molecule has 0 radical (unpaired) electrons. The molecule has 17 heavy (non-hydrogen) atoms. The molecule has 1 saturated carbocycles. The quantitative estimate of drug-likeness (QED) is 0.546. The Balaban J connectivity index is 2.25. The average Bonchev–Trinajstić information content (AvgIpc) is 2.54. The zero-order valence-corrected chi connectivity index (χ0v) is 10.5. The van der Waals surface area contributed by atoms with Gasteiger partial charge in [0.1, 0.15) is 6.04 Å². The van der Waals surface area contributed by atoms with Crippen molar-refractivity contribution in [2.24, 2.45) is 5.18 Å². The van der Waals surface area contributed by atoms with Gasteiger partial charge in [0.25, 0.3) is 0 Å². The lowest BCUT2D eigenvalue weighted by Crippen LogP contribution is -2.05. The SMILES string of the molecule is O=NC1CCCCCC1=Cc1cccc(Cl)c1. The van der Waals surface area contributed by atoms with Gasteiger partial charge in [0.2, 0.25) is 0 Å². The second-order valence-corrected chi connectivity index (χ2v) is 4.93. The second kappa shape index (κ2) is 5.97. The van der Waals surface area contributed by atoms with Crippen molar-refractivity contribution in [2.45, 2.75) is 38.1 Å². The lowest BCUT2D eigenvalue weighted by atomic mass is 10.00. The van der Waals surface area contributed by atoms with Crippen LogP contribution in [-0.4, -0.2) is 6.04 Å². The summed E-state index contributed by atoms with van der Waals surface area (Å²) in [5.74, 6) is 0. The predicted octanol–water partition coefficient (Wildman–Crippen LogP) is 4.82. The number of hydrogen-bond acceptors (Lipinski definition) is 2. The summed E-state index contributed by atoms with van der Waals surface area (Å²) in [6.45, 7) is 0. The van der Waals surface area contributed by atoms with E-state index in [1.165, 1.54) is 6.42 Å². The molecule has 1 atom stereocenters. The van der Waals surface area contributed by atoms with Gasteiger partial charge >= 0.3 is 0 Å². The van der Waals surface area contributed by atoms with Crippen molar-refractivity contribution in [3.05, 3.63) is 45.3 Å². The standard InChI is InChI=1S/C14H16ClNO/c15-13-7-4-5-11(10-13)9-12-6-2-1-3-8-14(12)16-17/h4-5,7,9-10,14H,1-3,6,8H2. The number of nitrogens with zero attached hydrogens (tertiary/aromatic N) is 1. The van der Waals surface area contributed by atoms with Crippen molar-refractivity contribution < 1.29 is 0 Å². The van der Waals surface area contributed by atoms with Gasteiger partial charge in [-0.2, -0.15) is 4.91 Å². The van der Waals surface area contributed by atoms with Crippen LogP contribution in [-0.2, 0) is 0 Å². The summed E-state index contributed by atoms with van der Waals surface area (Å²) in [4.78, 5) is 10.9. The molecule has 1 unspecified atom stereocenters. The Labute approximate surface area is 107 Å². The smallest absolute Gasteiger partial charge is 0.113 e. The van der Waals surface area contributed by atoms with Gasteiger partial charge in [-0.15, -0.1) is 0 Å². The molecule has 1 aromatic carbocycles. The molecule has 1 aliphatic carbocycles. The van der Waals surface area contributed by atoms with Crippen molar-refractivity contribution in [1.29, 1.82) is 0 Å². The zero-order chi connectivity index (χ0) is 12.1. The minimum absolute atomic E-state index is 0.142. The van der Waals surface area contributed by atoms with Crippen LogP contribution < -0.4 is 0 Å². The highest BCUT2D eigenvalue weighted by atomic mass is 35.5. The van der Waals surface area contributed by atoms with Gasteiger partial charge in [-0.05, 0) is 42.5 Å². The predicted molar refractivity (Wildman–Crippen MR) is 72.1 cm³/mol. The molecule has 0 heterocycles. The Morgan fingerprint density at radius 2 is 2.18 bits per heavy atom. The molecule has 1 aromatic rings. The first-order chi connectivity index (χ1) is 8.29. The van der Waals surface area contributed by atoms with Gasteiger partial charge in [-0.1, -0.05) is 47.8 Å². The molecular weight excluding hydrogens is 234 g/mol. The van der Waals surface area contributed by atoms with Gasteiger partial charge < -0.3 is 0 Å². The third-order valence-corrected chi connectivity index (χ3v) is 3.43. The van der Waals surface area contributed by atoms with Gasteiger partial charge in [-0.25, -0.2) is 0 Å². The molecule has 1 fully saturated rings. The van der Waals surface area contributed by atoms with Crippen LogP contribution in [0.1, 0.15) is 37.7 Å². The summed E-state index contributed by atoms with van der Waals surface area (Å²) in [6.07, 6.45) is 7.38. The first-order valence-corrected chi connectivity index (χ1v) is 6.46. The topological polar surface area (TPSA) is 29.4 Å². The van der Waals surface area contributed by atoms with Gasteiger partial charge in [0.15, 0.2) is 0 Å². The second-order valence-electron chi connectivity index (χ2n) is 4.49. The first kappa shape index (κ1) is 12.3. The Morgan fingerprint density at radius 3 is 2.94 bits per heavy atom. The highest BCUT2D eigenvalue weighted by Crippen LogP contribution is 2.27. The van der Waals surface area contributed by atoms with E-state index in [2.05, 4.69) is 11.3 Å². The van der Waals surface area contributed by atoms with Crippen LogP contribution in [0.15, 0.2) is 35.0 Å². The number of benzene rings is 1. The zero-order valence-electron chi connectivity index (χ0n) is 9.73. The molecule has 0 amide bonds.